The van der Waals surface area contributed by atoms with Gasteiger partial charge in [0.05, 0.1) is 0 Å². The maximum atomic E-state index is 12.0. The van der Waals surface area contributed by atoms with Crippen molar-refractivity contribution in [2.75, 3.05) is 5.32 Å². The predicted octanol–water partition coefficient (Wildman–Crippen LogP) is 3.03. The summed E-state index contributed by atoms with van der Waals surface area (Å²) >= 11 is 0. The molecule has 110 valence electrons. The Morgan fingerprint density at radius 3 is 2.60 bits per heavy atom. The molecule has 0 aliphatic carbocycles. The fraction of sp³-hybridized carbons (Fsp3) is 0.533. The number of aryl methyl sites for hydroxylation is 1. The Labute approximate surface area is 119 Å². The molecule has 5 nitrogen and oxygen atoms in total. The van der Waals surface area contributed by atoms with Crippen LogP contribution in [0.5, 0.6) is 0 Å². The van der Waals surface area contributed by atoms with Crippen LogP contribution in [0, 0.1) is 18.8 Å². The monoisotopic (exact) mass is 277 g/mol. The molecule has 1 heterocycles. The largest absolute Gasteiger partial charge is 0.312 e. The average molecular weight is 277 g/mol. The second kappa shape index (κ2) is 7.03. The van der Waals surface area contributed by atoms with Gasteiger partial charge in [0.15, 0.2) is 0 Å². The van der Waals surface area contributed by atoms with Crippen LogP contribution in [0.4, 0.5) is 11.5 Å². The summed E-state index contributed by atoms with van der Waals surface area (Å²) in [6.45, 7) is 9.52. The molecule has 0 bridgehead atoms. The van der Waals surface area contributed by atoms with E-state index in [2.05, 4.69) is 22.2 Å². The number of nitrogens with one attached hydrogen (secondary N) is 2. The first-order valence-electron chi connectivity index (χ1n) is 6.94. The quantitative estimate of drug-likeness (QED) is 0.812. The van der Waals surface area contributed by atoms with E-state index < -0.39 is 0 Å². The topological polar surface area (TPSA) is 74.3 Å². The lowest BCUT2D eigenvalue weighted by Crippen LogP contribution is -2.21. The van der Waals surface area contributed by atoms with E-state index in [0.717, 1.165) is 12.0 Å². The van der Waals surface area contributed by atoms with Crippen molar-refractivity contribution in [3.8, 4) is 0 Å². The van der Waals surface area contributed by atoms with Crippen molar-refractivity contribution >= 4 is 23.6 Å². The summed E-state index contributed by atoms with van der Waals surface area (Å²) in [5, 5.41) is 2.68. The van der Waals surface area contributed by atoms with E-state index in [1.807, 2.05) is 13.8 Å². The SMILES string of the molecule is CCC(C)/C=N\c1c(C)cc(NC(=O)C(C)C)[nH]c1=O. The summed E-state index contributed by atoms with van der Waals surface area (Å²) in [7, 11) is 0. The van der Waals surface area contributed by atoms with E-state index in [0.29, 0.717) is 17.4 Å². The van der Waals surface area contributed by atoms with Gasteiger partial charge in [-0.15, -0.1) is 0 Å². The van der Waals surface area contributed by atoms with E-state index in [-0.39, 0.29) is 17.4 Å². The molecule has 5 heteroatoms. The van der Waals surface area contributed by atoms with Crippen LogP contribution in [-0.4, -0.2) is 17.1 Å². The Hall–Kier alpha value is -1.91. The third kappa shape index (κ3) is 4.33. The summed E-state index contributed by atoms with van der Waals surface area (Å²) < 4.78 is 0. The summed E-state index contributed by atoms with van der Waals surface area (Å²) in [4.78, 5) is 30.5. The van der Waals surface area contributed by atoms with Crippen LogP contribution in [0.2, 0.25) is 0 Å². The zero-order valence-electron chi connectivity index (χ0n) is 12.8. The van der Waals surface area contributed by atoms with Crippen molar-refractivity contribution < 1.29 is 4.79 Å². The molecule has 2 N–H and O–H groups in total. The van der Waals surface area contributed by atoms with Crippen LogP contribution in [-0.2, 0) is 4.79 Å². The number of rotatable bonds is 5. The van der Waals surface area contributed by atoms with Gasteiger partial charge in [0.1, 0.15) is 11.5 Å². The van der Waals surface area contributed by atoms with Crippen molar-refractivity contribution in [3.63, 3.8) is 0 Å². The van der Waals surface area contributed by atoms with E-state index in [9.17, 15) is 9.59 Å². The minimum Gasteiger partial charge on any atom is -0.312 e. The molecule has 0 aliphatic rings. The van der Waals surface area contributed by atoms with Gasteiger partial charge in [0.25, 0.3) is 5.56 Å². The molecule has 1 aromatic heterocycles. The second-order valence-electron chi connectivity index (χ2n) is 5.35. The number of pyridine rings is 1. The van der Waals surface area contributed by atoms with E-state index >= 15 is 0 Å². The maximum Gasteiger partial charge on any atom is 0.275 e. The predicted molar refractivity (Wildman–Crippen MR) is 82.9 cm³/mol. The Kier molecular flexibility index (Phi) is 5.67. The van der Waals surface area contributed by atoms with Crippen LogP contribution in [0.3, 0.4) is 0 Å². The number of amides is 1. The lowest BCUT2D eigenvalue weighted by atomic mass is 10.1. The highest BCUT2D eigenvalue weighted by atomic mass is 16.2. The van der Waals surface area contributed by atoms with Gasteiger partial charge in [-0.2, -0.15) is 0 Å². The van der Waals surface area contributed by atoms with Crippen molar-refractivity contribution in [2.24, 2.45) is 16.8 Å². The van der Waals surface area contributed by atoms with Gasteiger partial charge in [-0.1, -0.05) is 27.7 Å². The van der Waals surface area contributed by atoms with Crippen LogP contribution in [0.15, 0.2) is 15.9 Å². The number of anilines is 1. The number of aromatic amines is 1. The highest BCUT2D eigenvalue weighted by molar-refractivity contribution is 5.91. The summed E-state index contributed by atoms with van der Waals surface area (Å²) in [5.41, 5.74) is 0.851. The molecule has 0 saturated heterocycles. The number of aliphatic imine (C=N–C) groups is 1. The molecule has 0 radical (unpaired) electrons. The Morgan fingerprint density at radius 2 is 2.10 bits per heavy atom. The van der Waals surface area contributed by atoms with Gasteiger partial charge in [0.2, 0.25) is 5.91 Å². The second-order valence-corrected chi connectivity index (χ2v) is 5.35. The van der Waals surface area contributed by atoms with Crippen LogP contribution in [0.1, 0.15) is 39.7 Å². The minimum atomic E-state index is -0.288. The lowest BCUT2D eigenvalue weighted by molar-refractivity contribution is -0.118. The fourth-order valence-corrected chi connectivity index (χ4v) is 1.49. The number of hydrogen-bond acceptors (Lipinski definition) is 3. The van der Waals surface area contributed by atoms with Gasteiger partial charge < -0.3 is 10.3 Å². The zero-order valence-corrected chi connectivity index (χ0v) is 12.8. The number of aromatic nitrogens is 1. The first-order chi connectivity index (χ1) is 9.35. The average Bonchev–Trinajstić information content (AvgIpc) is 2.37. The van der Waals surface area contributed by atoms with Crippen LogP contribution >= 0.6 is 0 Å². The van der Waals surface area contributed by atoms with Gasteiger partial charge >= 0.3 is 0 Å². The molecule has 1 atom stereocenters. The van der Waals surface area contributed by atoms with Crippen molar-refractivity contribution in [1.82, 2.24) is 4.98 Å². The van der Waals surface area contributed by atoms with Crippen molar-refractivity contribution in [3.05, 3.63) is 22.0 Å². The van der Waals surface area contributed by atoms with Gasteiger partial charge in [-0.3, -0.25) is 14.6 Å². The van der Waals surface area contributed by atoms with Crippen LogP contribution in [0.25, 0.3) is 0 Å². The van der Waals surface area contributed by atoms with E-state index in [1.54, 1.807) is 26.1 Å². The van der Waals surface area contributed by atoms with E-state index in [1.165, 1.54) is 0 Å². The molecule has 0 saturated carbocycles. The molecule has 0 aromatic carbocycles. The Bertz CT molecular complexity index is 559. The molecular weight excluding hydrogens is 254 g/mol. The first-order valence-corrected chi connectivity index (χ1v) is 6.94. The van der Waals surface area contributed by atoms with Crippen molar-refractivity contribution in [2.45, 2.75) is 41.0 Å². The molecule has 1 amide bonds. The zero-order chi connectivity index (χ0) is 15.3. The number of carbonyl (C=O) groups is 1. The third-order valence-electron chi connectivity index (χ3n) is 3.08. The van der Waals surface area contributed by atoms with Crippen molar-refractivity contribution in [1.29, 1.82) is 0 Å². The third-order valence-corrected chi connectivity index (χ3v) is 3.08. The minimum absolute atomic E-state index is 0.129. The first kappa shape index (κ1) is 16.1. The maximum absolute atomic E-state index is 12.0. The Morgan fingerprint density at radius 1 is 1.45 bits per heavy atom. The lowest BCUT2D eigenvalue weighted by Gasteiger charge is -2.09. The number of nitrogens with zero attached hydrogens (tertiary/aromatic N) is 1. The summed E-state index contributed by atoms with van der Waals surface area (Å²) in [6, 6.07) is 1.73. The van der Waals surface area contributed by atoms with E-state index in [4.69, 9.17) is 0 Å². The van der Waals surface area contributed by atoms with Crippen LogP contribution < -0.4 is 10.9 Å². The van der Waals surface area contributed by atoms with Gasteiger partial charge in [-0.05, 0) is 30.9 Å². The highest BCUT2D eigenvalue weighted by Crippen LogP contribution is 2.16. The molecule has 0 aliphatic heterocycles. The molecule has 1 unspecified atom stereocenters. The molecule has 20 heavy (non-hydrogen) atoms. The fourth-order valence-electron chi connectivity index (χ4n) is 1.49. The number of H-pyrrole nitrogens is 1. The molecule has 0 fully saturated rings. The molecule has 1 aromatic rings. The molecule has 1 rings (SSSR count). The highest BCUT2D eigenvalue weighted by Gasteiger charge is 2.10. The summed E-state index contributed by atoms with van der Waals surface area (Å²) in [6.07, 6.45) is 2.76. The number of carbonyl (C=O) groups excluding carboxylic acids is 1. The smallest absolute Gasteiger partial charge is 0.275 e. The Balaban J connectivity index is 3.01. The molecule has 0 spiro atoms. The summed E-state index contributed by atoms with van der Waals surface area (Å²) in [5.74, 6) is 0.473. The van der Waals surface area contributed by atoms with Gasteiger partial charge in [0, 0.05) is 12.1 Å². The normalized spacial score (nSPS) is 12.9. The van der Waals surface area contributed by atoms with Gasteiger partial charge in [-0.25, -0.2) is 0 Å². The molecular formula is C15H23N3O2. The number of hydrogen-bond donors (Lipinski definition) is 2. The standard InChI is InChI=1S/C15H23N3O2/c1-6-10(4)8-16-13-11(5)7-12(18-15(13)20)17-14(19)9(2)3/h7-10H,6H2,1-5H3,(H2,17,18,19,20)/b16-8-.